The molecule has 1 aliphatic rings. The Kier molecular flexibility index (Phi) is 4.41. The molecule has 16 heavy (non-hydrogen) atoms. The summed E-state index contributed by atoms with van der Waals surface area (Å²) in [5.41, 5.74) is 6.07. The number of piperidine rings is 1. The molecule has 0 bridgehead atoms. The highest BCUT2D eigenvalue weighted by molar-refractivity contribution is 9.10. The Hall–Kier alpha value is 0.1000. The number of nitrogens with two attached hydrogens (primary N) is 1. The average molecular weight is 303 g/mol. The van der Waals surface area contributed by atoms with E-state index in [0.717, 1.165) is 6.54 Å². The van der Waals surface area contributed by atoms with Crippen molar-refractivity contribution in [1.82, 2.24) is 4.90 Å². The summed E-state index contributed by atoms with van der Waals surface area (Å²) in [6.07, 6.45) is 3.90. The van der Waals surface area contributed by atoms with Gasteiger partial charge in [-0.15, -0.1) is 11.3 Å². The topological polar surface area (TPSA) is 29.3 Å². The van der Waals surface area contributed by atoms with Gasteiger partial charge in [-0.2, -0.15) is 0 Å². The minimum Gasteiger partial charge on any atom is -0.327 e. The second-order valence-corrected chi connectivity index (χ2v) is 6.54. The molecule has 1 fully saturated rings. The Morgan fingerprint density at radius 2 is 2.44 bits per heavy atom. The Bertz CT molecular complexity index is 338. The molecule has 2 rings (SSSR count). The second kappa shape index (κ2) is 5.63. The van der Waals surface area contributed by atoms with Crippen LogP contribution in [0.25, 0.3) is 0 Å². The molecule has 1 saturated heterocycles. The number of nitrogens with zero attached hydrogens (tertiary/aromatic N) is 1. The van der Waals surface area contributed by atoms with Crippen molar-refractivity contribution in [2.24, 2.45) is 5.73 Å². The van der Waals surface area contributed by atoms with Crippen LogP contribution in [-0.4, -0.2) is 23.5 Å². The van der Waals surface area contributed by atoms with Gasteiger partial charge in [0.2, 0.25) is 0 Å². The minimum atomic E-state index is 0.281. The zero-order valence-corrected chi connectivity index (χ0v) is 12.1. The van der Waals surface area contributed by atoms with Crippen molar-refractivity contribution in [1.29, 1.82) is 0 Å². The van der Waals surface area contributed by atoms with Crippen LogP contribution < -0.4 is 5.73 Å². The molecule has 2 atom stereocenters. The SMILES string of the molecule is CC(N)C1CCCCN1Cc1cc(Br)cs1. The predicted molar refractivity (Wildman–Crippen MR) is 73.7 cm³/mol. The van der Waals surface area contributed by atoms with Gasteiger partial charge in [0.1, 0.15) is 0 Å². The first-order valence-electron chi connectivity index (χ1n) is 5.89. The molecular formula is C12H19BrN2S. The number of likely N-dealkylation sites (tertiary alicyclic amines) is 1. The number of thiophene rings is 1. The van der Waals surface area contributed by atoms with Crippen molar-refractivity contribution < 1.29 is 0 Å². The highest BCUT2D eigenvalue weighted by atomic mass is 79.9. The van der Waals surface area contributed by atoms with Gasteiger partial charge in [0.15, 0.2) is 0 Å². The molecule has 0 radical (unpaired) electrons. The van der Waals surface area contributed by atoms with Crippen molar-refractivity contribution in [3.8, 4) is 0 Å². The highest BCUT2D eigenvalue weighted by Crippen LogP contribution is 2.25. The fraction of sp³-hybridized carbons (Fsp3) is 0.667. The first-order valence-corrected chi connectivity index (χ1v) is 7.56. The van der Waals surface area contributed by atoms with Crippen LogP contribution in [0.3, 0.4) is 0 Å². The molecular weight excluding hydrogens is 284 g/mol. The molecule has 0 aliphatic carbocycles. The largest absolute Gasteiger partial charge is 0.327 e. The van der Waals surface area contributed by atoms with E-state index >= 15 is 0 Å². The molecule has 0 aromatic carbocycles. The third-order valence-electron chi connectivity index (χ3n) is 3.25. The molecule has 90 valence electrons. The zero-order valence-electron chi connectivity index (χ0n) is 9.66. The molecule has 1 aliphatic heterocycles. The first-order chi connectivity index (χ1) is 7.66. The van der Waals surface area contributed by atoms with Crippen LogP contribution in [0.2, 0.25) is 0 Å². The van der Waals surface area contributed by atoms with E-state index in [2.05, 4.69) is 39.2 Å². The van der Waals surface area contributed by atoms with E-state index in [1.807, 2.05) is 11.3 Å². The summed E-state index contributed by atoms with van der Waals surface area (Å²) < 4.78 is 1.20. The molecule has 1 aromatic heterocycles. The predicted octanol–water partition coefficient (Wildman–Crippen LogP) is 3.21. The quantitative estimate of drug-likeness (QED) is 0.929. The lowest BCUT2D eigenvalue weighted by atomic mass is 9.97. The lowest BCUT2D eigenvalue weighted by Gasteiger charge is -2.37. The summed E-state index contributed by atoms with van der Waals surface area (Å²) in [6.45, 7) is 4.39. The van der Waals surface area contributed by atoms with Crippen molar-refractivity contribution in [2.45, 2.75) is 44.8 Å². The monoisotopic (exact) mass is 302 g/mol. The molecule has 1 aromatic rings. The van der Waals surface area contributed by atoms with Crippen molar-refractivity contribution >= 4 is 27.3 Å². The molecule has 2 unspecified atom stereocenters. The van der Waals surface area contributed by atoms with Crippen LogP contribution in [0.15, 0.2) is 15.9 Å². The van der Waals surface area contributed by atoms with Crippen LogP contribution in [0.5, 0.6) is 0 Å². The third-order valence-corrected chi connectivity index (χ3v) is 4.93. The third kappa shape index (κ3) is 3.06. The number of hydrogen-bond donors (Lipinski definition) is 1. The van der Waals surface area contributed by atoms with Gasteiger partial charge in [-0.05, 0) is 48.3 Å². The Labute approximate surface area is 110 Å². The molecule has 0 spiro atoms. The van der Waals surface area contributed by atoms with Crippen LogP contribution in [0.4, 0.5) is 0 Å². The van der Waals surface area contributed by atoms with Gasteiger partial charge in [0.05, 0.1) is 0 Å². The van der Waals surface area contributed by atoms with E-state index in [0.29, 0.717) is 6.04 Å². The van der Waals surface area contributed by atoms with Gasteiger partial charge in [-0.3, -0.25) is 4.90 Å². The first kappa shape index (κ1) is 12.6. The molecule has 2 heterocycles. The van der Waals surface area contributed by atoms with Crippen molar-refractivity contribution in [3.63, 3.8) is 0 Å². The smallest absolute Gasteiger partial charge is 0.0331 e. The molecule has 0 amide bonds. The Balaban J connectivity index is 2.01. The number of rotatable bonds is 3. The Morgan fingerprint density at radius 3 is 3.06 bits per heavy atom. The van der Waals surface area contributed by atoms with Gasteiger partial charge in [-0.1, -0.05) is 6.42 Å². The van der Waals surface area contributed by atoms with Crippen LogP contribution >= 0.6 is 27.3 Å². The van der Waals surface area contributed by atoms with Crippen molar-refractivity contribution in [3.05, 3.63) is 20.8 Å². The van der Waals surface area contributed by atoms with E-state index in [4.69, 9.17) is 5.73 Å². The summed E-state index contributed by atoms with van der Waals surface area (Å²) in [7, 11) is 0. The summed E-state index contributed by atoms with van der Waals surface area (Å²) in [4.78, 5) is 3.98. The molecule has 2 N–H and O–H groups in total. The Morgan fingerprint density at radius 1 is 1.62 bits per heavy atom. The summed E-state index contributed by atoms with van der Waals surface area (Å²) >= 11 is 5.34. The van der Waals surface area contributed by atoms with Crippen LogP contribution in [0, 0.1) is 0 Å². The molecule has 2 nitrogen and oxygen atoms in total. The van der Waals surface area contributed by atoms with Gasteiger partial charge < -0.3 is 5.73 Å². The van der Waals surface area contributed by atoms with Gasteiger partial charge >= 0.3 is 0 Å². The second-order valence-electron chi connectivity index (χ2n) is 4.62. The number of halogens is 1. The summed E-state index contributed by atoms with van der Waals surface area (Å²) in [5, 5.41) is 2.15. The summed E-state index contributed by atoms with van der Waals surface area (Å²) in [6, 6.07) is 3.07. The van der Waals surface area contributed by atoms with Crippen LogP contribution in [-0.2, 0) is 6.54 Å². The maximum absolute atomic E-state index is 6.07. The van der Waals surface area contributed by atoms with Gasteiger partial charge in [0.25, 0.3) is 0 Å². The minimum absolute atomic E-state index is 0.281. The van der Waals surface area contributed by atoms with E-state index in [9.17, 15) is 0 Å². The van der Waals surface area contributed by atoms with Crippen molar-refractivity contribution in [2.75, 3.05) is 6.54 Å². The normalized spacial score (nSPS) is 24.6. The maximum Gasteiger partial charge on any atom is 0.0331 e. The number of hydrogen-bond acceptors (Lipinski definition) is 3. The van der Waals surface area contributed by atoms with Gasteiger partial charge in [0, 0.05) is 33.4 Å². The standard InChI is InChI=1S/C12H19BrN2S/c1-9(14)12-4-2-3-5-15(12)7-11-6-10(13)8-16-11/h6,8-9,12H,2-5,7,14H2,1H3. The lowest BCUT2D eigenvalue weighted by Crippen LogP contribution is -2.48. The lowest BCUT2D eigenvalue weighted by molar-refractivity contribution is 0.124. The van der Waals surface area contributed by atoms with E-state index in [1.54, 1.807) is 0 Å². The van der Waals surface area contributed by atoms with E-state index < -0.39 is 0 Å². The van der Waals surface area contributed by atoms with E-state index in [1.165, 1.54) is 35.2 Å². The summed E-state index contributed by atoms with van der Waals surface area (Å²) in [5.74, 6) is 0. The highest BCUT2D eigenvalue weighted by Gasteiger charge is 2.25. The fourth-order valence-electron chi connectivity index (χ4n) is 2.45. The fourth-order valence-corrected chi connectivity index (χ4v) is 3.92. The van der Waals surface area contributed by atoms with Gasteiger partial charge in [-0.25, -0.2) is 0 Å². The molecule has 0 saturated carbocycles. The average Bonchev–Trinajstić information content (AvgIpc) is 2.64. The van der Waals surface area contributed by atoms with Crippen LogP contribution in [0.1, 0.15) is 31.1 Å². The van der Waals surface area contributed by atoms with E-state index in [-0.39, 0.29) is 6.04 Å². The maximum atomic E-state index is 6.07. The molecule has 4 heteroatoms. The zero-order chi connectivity index (χ0) is 11.5.